The maximum Gasteiger partial charge on any atom is 0.0898 e. The van der Waals surface area contributed by atoms with Crippen LogP contribution >= 0.6 is 11.3 Å². The predicted molar refractivity (Wildman–Crippen MR) is 76.1 cm³/mol. The topological polar surface area (TPSA) is 34.1 Å². The number of ether oxygens (including phenoxy) is 1. The zero-order chi connectivity index (χ0) is 12.8. The van der Waals surface area contributed by atoms with Crippen molar-refractivity contribution in [3.05, 3.63) is 16.1 Å². The molecule has 0 aliphatic carbocycles. The highest BCUT2D eigenvalue weighted by molar-refractivity contribution is 7.09. The van der Waals surface area contributed by atoms with E-state index in [9.17, 15) is 0 Å². The van der Waals surface area contributed by atoms with Crippen LogP contribution in [0, 0.1) is 6.92 Å². The first kappa shape index (κ1) is 14.0. The van der Waals surface area contributed by atoms with Crippen LogP contribution in [0.25, 0.3) is 0 Å². The summed E-state index contributed by atoms with van der Waals surface area (Å²) in [7, 11) is 0. The lowest BCUT2D eigenvalue weighted by molar-refractivity contribution is 0.101. The minimum atomic E-state index is 0.418. The van der Waals surface area contributed by atoms with Crippen LogP contribution in [-0.4, -0.2) is 24.2 Å². The molecule has 1 saturated heterocycles. The molecule has 2 rings (SSSR count). The van der Waals surface area contributed by atoms with Crippen LogP contribution < -0.4 is 5.32 Å². The Hall–Kier alpha value is -0.450. The van der Waals surface area contributed by atoms with E-state index in [1.54, 1.807) is 11.3 Å². The summed E-state index contributed by atoms with van der Waals surface area (Å²) in [5.41, 5.74) is 1.21. The first-order valence-electron chi connectivity index (χ1n) is 7.06. The Morgan fingerprint density at radius 2 is 2.50 bits per heavy atom. The molecule has 0 bridgehead atoms. The number of aryl methyl sites for hydroxylation is 1. The smallest absolute Gasteiger partial charge is 0.0898 e. The Morgan fingerprint density at radius 3 is 3.11 bits per heavy atom. The number of nitrogens with one attached hydrogen (secondary N) is 1. The molecule has 1 fully saturated rings. The summed E-state index contributed by atoms with van der Waals surface area (Å²) in [6, 6.07) is 0.418. The SMILES string of the molecule is CCNC(CCCC1CCCO1)c1csc(C)n1. The van der Waals surface area contributed by atoms with Gasteiger partial charge in [0.2, 0.25) is 0 Å². The number of rotatable bonds is 7. The lowest BCUT2D eigenvalue weighted by Gasteiger charge is -2.17. The van der Waals surface area contributed by atoms with Gasteiger partial charge >= 0.3 is 0 Å². The van der Waals surface area contributed by atoms with Gasteiger partial charge in [0.15, 0.2) is 0 Å². The molecular weight excluding hydrogens is 244 g/mol. The van der Waals surface area contributed by atoms with Gasteiger partial charge < -0.3 is 10.1 Å². The summed E-state index contributed by atoms with van der Waals surface area (Å²) >= 11 is 1.74. The third kappa shape index (κ3) is 4.04. The highest BCUT2D eigenvalue weighted by atomic mass is 32.1. The van der Waals surface area contributed by atoms with E-state index in [2.05, 4.69) is 29.5 Å². The van der Waals surface area contributed by atoms with E-state index in [0.717, 1.165) is 24.6 Å². The summed E-state index contributed by atoms with van der Waals surface area (Å²) < 4.78 is 5.67. The summed E-state index contributed by atoms with van der Waals surface area (Å²) in [4.78, 5) is 4.60. The van der Waals surface area contributed by atoms with Crippen molar-refractivity contribution in [1.82, 2.24) is 10.3 Å². The molecule has 1 aromatic rings. The van der Waals surface area contributed by atoms with Crippen molar-refractivity contribution in [2.45, 2.75) is 58.1 Å². The van der Waals surface area contributed by atoms with Gasteiger partial charge in [0, 0.05) is 12.0 Å². The summed E-state index contributed by atoms with van der Waals surface area (Å²) in [5, 5.41) is 6.89. The van der Waals surface area contributed by atoms with Gasteiger partial charge in [-0.25, -0.2) is 4.98 Å². The molecule has 3 nitrogen and oxygen atoms in total. The highest BCUT2D eigenvalue weighted by Crippen LogP contribution is 2.24. The molecule has 1 aliphatic heterocycles. The molecule has 102 valence electrons. The van der Waals surface area contributed by atoms with Gasteiger partial charge in [-0.1, -0.05) is 6.92 Å². The molecule has 0 amide bonds. The van der Waals surface area contributed by atoms with Crippen LogP contribution in [-0.2, 0) is 4.74 Å². The van der Waals surface area contributed by atoms with E-state index < -0.39 is 0 Å². The summed E-state index contributed by atoms with van der Waals surface area (Å²) in [6.07, 6.45) is 6.60. The van der Waals surface area contributed by atoms with Crippen molar-refractivity contribution in [1.29, 1.82) is 0 Å². The van der Waals surface area contributed by atoms with Crippen molar-refractivity contribution >= 4 is 11.3 Å². The highest BCUT2D eigenvalue weighted by Gasteiger charge is 2.17. The van der Waals surface area contributed by atoms with E-state index in [1.807, 2.05) is 0 Å². The predicted octanol–water partition coefficient (Wildman–Crippen LogP) is 3.45. The fourth-order valence-electron chi connectivity index (χ4n) is 2.56. The normalized spacial score (nSPS) is 21.3. The molecule has 2 atom stereocenters. The molecular formula is C14H24N2OS. The van der Waals surface area contributed by atoms with Gasteiger partial charge in [0.25, 0.3) is 0 Å². The second kappa shape index (κ2) is 7.22. The number of aromatic nitrogens is 1. The maximum atomic E-state index is 5.67. The Labute approximate surface area is 114 Å². The van der Waals surface area contributed by atoms with Gasteiger partial charge in [-0.05, 0) is 45.6 Å². The van der Waals surface area contributed by atoms with E-state index in [4.69, 9.17) is 4.74 Å². The van der Waals surface area contributed by atoms with Crippen LogP contribution in [0.5, 0.6) is 0 Å². The minimum absolute atomic E-state index is 0.418. The molecule has 0 radical (unpaired) electrons. The van der Waals surface area contributed by atoms with Crippen LogP contribution in [0.4, 0.5) is 0 Å². The quantitative estimate of drug-likeness (QED) is 0.822. The Bertz CT molecular complexity index is 347. The molecule has 1 aliphatic rings. The molecule has 0 spiro atoms. The van der Waals surface area contributed by atoms with E-state index in [-0.39, 0.29) is 0 Å². The fraction of sp³-hybridized carbons (Fsp3) is 0.786. The zero-order valence-electron chi connectivity index (χ0n) is 11.4. The lowest BCUT2D eigenvalue weighted by Crippen LogP contribution is -2.21. The number of thiazole rings is 1. The zero-order valence-corrected chi connectivity index (χ0v) is 12.3. The lowest BCUT2D eigenvalue weighted by atomic mass is 10.0. The number of nitrogens with zero attached hydrogens (tertiary/aromatic N) is 1. The number of hydrogen-bond acceptors (Lipinski definition) is 4. The molecule has 18 heavy (non-hydrogen) atoms. The van der Waals surface area contributed by atoms with Crippen molar-refractivity contribution < 1.29 is 4.74 Å². The Morgan fingerprint density at radius 1 is 1.61 bits per heavy atom. The second-order valence-electron chi connectivity index (χ2n) is 4.97. The van der Waals surface area contributed by atoms with E-state index in [0.29, 0.717) is 12.1 Å². The average molecular weight is 268 g/mol. The first-order valence-corrected chi connectivity index (χ1v) is 7.94. The Balaban J connectivity index is 1.78. The number of hydrogen-bond donors (Lipinski definition) is 1. The molecule has 0 saturated carbocycles. The Kier molecular flexibility index (Phi) is 5.60. The minimum Gasteiger partial charge on any atom is -0.378 e. The van der Waals surface area contributed by atoms with Crippen LogP contribution in [0.15, 0.2) is 5.38 Å². The van der Waals surface area contributed by atoms with Crippen molar-refractivity contribution in [2.75, 3.05) is 13.2 Å². The van der Waals surface area contributed by atoms with Crippen LogP contribution in [0.3, 0.4) is 0 Å². The van der Waals surface area contributed by atoms with Crippen molar-refractivity contribution in [3.63, 3.8) is 0 Å². The maximum absolute atomic E-state index is 5.67. The monoisotopic (exact) mass is 268 g/mol. The summed E-state index contributed by atoms with van der Waals surface area (Å²) in [5.74, 6) is 0. The summed E-state index contributed by atoms with van der Waals surface area (Å²) in [6.45, 7) is 6.20. The van der Waals surface area contributed by atoms with Crippen LogP contribution in [0.2, 0.25) is 0 Å². The molecule has 4 heteroatoms. The van der Waals surface area contributed by atoms with Gasteiger partial charge in [0.05, 0.1) is 22.8 Å². The van der Waals surface area contributed by atoms with Gasteiger partial charge in [-0.15, -0.1) is 11.3 Å². The van der Waals surface area contributed by atoms with Gasteiger partial charge in [-0.3, -0.25) is 0 Å². The van der Waals surface area contributed by atoms with Crippen molar-refractivity contribution in [3.8, 4) is 0 Å². The molecule has 2 heterocycles. The second-order valence-corrected chi connectivity index (χ2v) is 6.03. The average Bonchev–Trinajstić information content (AvgIpc) is 2.99. The largest absolute Gasteiger partial charge is 0.378 e. The molecule has 1 N–H and O–H groups in total. The van der Waals surface area contributed by atoms with Gasteiger partial charge in [-0.2, -0.15) is 0 Å². The molecule has 0 aromatic carbocycles. The van der Waals surface area contributed by atoms with Crippen LogP contribution in [0.1, 0.15) is 55.8 Å². The first-order chi connectivity index (χ1) is 8.79. The third-order valence-electron chi connectivity index (χ3n) is 3.49. The van der Waals surface area contributed by atoms with Gasteiger partial charge in [0.1, 0.15) is 0 Å². The van der Waals surface area contributed by atoms with Crippen molar-refractivity contribution in [2.24, 2.45) is 0 Å². The standard InChI is InChI=1S/C14H24N2OS/c1-3-15-13(14-10-18-11(2)16-14)8-4-6-12-7-5-9-17-12/h10,12-13,15H,3-9H2,1-2H3. The molecule has 2 unspecified atom stereocenters. The molecule has 1 aromatic heterocycles. The fourth-order valence-corrected chi connectivity index (χ4v) is 3.23. The van der Waals surface area contributed by atoms with E-state index in [1.165, 1.54) is 31.4 Å². The van der Waals surface area contributed by atoms with E-state index >= 15 is 0 Å². The third-order valence-corrected chi connectivity index (χ3v) is 4.28.